The van der Waals surface area contributed by atoms with E-state index in [-0.39, 0.29) is 5.91 Å². The molecule has 0 saturated carbocycles. The van der Waals surface area contributed by atoms with Gasteiger partial charge in [-0.25, -0.2) is 4.98 Å². The summed E-state index contributed by atoms with van der Waals surface area (Å²) in [6.45, 7) is 10.2. The van der Waals surface area contributed by atoms with Gasteiger partial charge in [0, 0.05) is 16.8 Å². The van der Waals surface area contributed by atoms with Gasteiger partial charge >= 0.3 is 0 Å². The molecule has 0 aliphatic carbocycles. The predicted molar refractivity (Wildman–Crippen MR) is 105 cm³/mol. The number of amides is 1. The fraction of sp³-hybridized carbons (Fsp3) is 0.300. The number of carbonyl (C=O) groups is 1. The van der Waals surface area contributed by atoms with E-state index in [0.717, 1.165) is 43.3 Å². The third-order valence-electron chi connectivity index (χ3n) is 4.73. The largest absolute Gasteiger partial charge is 0.361 e. The third-order valence-corrected chi connectivity index (χ3v) is 5.80. The molecule has 1 aromatic carbocycles. The molecule has 1 aliphatic rings. The lowest BCUT2D eigenvalue weighted by Crippen LogP contribution is -2.56. The Balaban J connectivity index is 1.96. The van der Waals surface area contributed by atoms with Crippen molar-refractivity contribution < 1.29 is 4.79 Å². The standard InChI is InChI=1S/C20H21N3OS/c1-11-8-6-7-9-14(11)23-19(24)17-16(22-20(23,4)5)15-12(2)10-13(3)21-18(15)25-17/h6-10,22H,1-5H3. The van der Waals surface area contributed by atoms with Crippen molar-refractivity contribution in [3.05, 3.63) is 52.0 Å². The summed E-state index contributed by atoms with van der Waals surface area (Å²) in [6.07, 6.45) is 0. The molecule has 25 heavy (non-hydrogen) atoms. The fourth-order valence-corrected chi connectivity index (χ4v) is 4.84. The number of carbonyl (C=O) groups excluding carboxylic acids is 1. The van der Waals surface area contributed by atoms with Crippen LogP contribution in [0.3, 0.4) is 0 Å². The Kier molecular flexibility index (Phi) is 3.41. The predicted octanol–water partition coefficient (Wildman–Crippen LogP) is 5.03. The lowest BCUT2D eigenvalue weighted by molar-refractivity contribution is 0.0965. The minimum Gasteiger partial charge on any atom is -0.361 e. The van der Waals surface area contributed by atoms with Gasteiger partial charge < -0.3 is 5.32 Å². The first-order chi connectivity index (χ1) is 11.8. The van der Waals surface area contributed by atoms with Gasteiger partial charge in [-0.3, -0.25) is 9.69 Å². The zero-order valence-corrected chi connectivity index (χ0v) is 15.9. The Morgan fingerprint density at radius 3 is 2.56 bits per heavy atom. The highest BCUT2D eigenvalue weighted by molar-refractivity contribution is 7.21. The average Bonchev–Trinajstić information content (AvgIpc) is 2.86. The molecule has 0 unspecified atom stereocenters. The van der Waals surface area contributed by atoms with Crippen LogP contribution in [0.4, 0.5) is 11.4 Å². The number of rotatable bonds is 1. The lowest BCUT2D eigenvalue weighted by Gasteiger charge is -2.43. The van der Waals surface area contributed by atoms with E-state index in [2.05, 4.69) is 23.3 Å². The van der Waals surface area contributed by atoms with Crippen LogP contribution in [-0.4, -0.2) is 16.6 Å². The molecule has 2 aromatic heterocycles. The third kappa shape index (κ3) is 2.34. The van der Waals surface area contributed by atoms with Crippen molar-refractivity contribution in [2.45, 2.75) is 40.3 Å². The second-order valence-electron chi connectivity index (χ2n) is 7.18. The van der Waals surface area contributed by atoms with Crippen LogP contribution < -0.4 is 10.2 Å². The van der Waals surface area contributed by atoms with E-state index >= 15 is 0 Å². The number of nitrogens with zero attached hydrogens (tertiary/aromatic N) is 2. The Morgan fingerprint density at radius 1 is 1.12 bits per heavy atom. The molecule has 4 nitrogen and oxygen atoms in total. The first-order valence-corrected chi connectivity index (χ1v) is 9.20. The van der Waals surface area contributed by atoms with Crippen LogP contribution in [0.15, 0.2) is 30.3 Å². The van der Waals surface area contributed by atoms with E-state index in [9.17, 15) is 4.79 Å². The Labute approximate surface area is 151 Å². The van der Waals surface area contributed by atoms with E-state index in [0.29, 0.717) is 0 Å². The van der Waals surface area contributed by atoms with Crippen LogP contribution in [0, 0.1) is 20.8 Å². The molecule has 0 atom stereocenters. The average molecular weight is 351 g/mol. The summed E-state index contributed by atoms with van der Waals surface area (Å²) in [6, 6.07) is 10.1. The summed E-state index contributed by atoms with van der Waals surface area (Å²) in [4.78, 5) is 21.6. The molecule has 0 saturated heterocycles. The lowest BCUT2D eigenvalue weighted by atomic mass is 10.0. The summed E-state index contributed by atoms with van der Waals surface area (Å²) >= 11 is 1.48. The summed E-state index contributed by atoms with van der Waals surface area (Å²) in [5.74, 6) is 0.0353. The minimum absolute atomic E-state index is 0.0353. The summed E-state index contributed by atoms with van der Waals surface area (Å²) in [5.41, 5.74) is 4.55. The van der Waals surface area contributed by atoms with Gasteiger partial charge in [-0.2, -0.15) is 0 Å². The number of aromatic nitrogens is 1. The monoisotopic (exact) mass is 351 g/mol. The quantitative estimate of drug-likeness (QED) is 0.669. The summed E-state index contributed by atoms with van der Waals surface area (Å²) < 4.78 is 0. The van der Waals surface area contributed by atoms with Gasteiger partial charge in [-0.1, -0.05) is 18.2 Å². The van der Waals surface area contributed by atoms with Crippen LogP contribution in [-0.2, 0) is 0 Å². The van der Waals surface area contributed by atoms with Gasteiger partial charge in [0.25, 0.3) is 5.91 Å². The van der Waals surface area contributed by atoms with Gasteiger partial charge in [-0.15, -0.1) is 11.3 Å². The molecule has 4 rings (SSSR count). The van der Waals surface area contributed by atoms with Crippen molar-refractivity contribution in [2.75, 3.05) is 10.2 Å². The molecule has 0 bridgehead atoms. The fourth-order valence-electron chi connectivity index (χ4n) is 3.65. The number of hydrogen-bond acceptors (Lipinski definition) is 4. The Morgan fingerprint density at radius 2 is 1.84 bits per heavy atom. The number of benzene rings is 1. The van der Waals surface area contributed by atoms with Gasteiger partial charge in [0.2, 0.25) is 0 Å². The summed E-state index contributed by atoms with van der Waals surface area (Å²) in [5, 5.41) is 4.67. The molecule has 3 heterocycles. The molecule has 0 spiro atoms. The highest BCUT2D eigenvalue weighted by Crippen LogP contribution is 2.44. The van der Waals surface area contributed by atoms with E-state index in [4.69, 9.17) is 0 Å². The molecular weight excluding hydrogens is 330 g/mol. The van der Waals surface area contributed by atoms with Gasteiger partial charge in [-0.05, 0) is 57.9 Å². The zero-order valence-electron chi connectivity index (χ0n) is 15.1. The van der Waals surface area contributed by atoms with Crippen LogP contribution in [0.1, 0.15) is 40.3 Å². The minimum atomic E-state index is -0.526. The number of nitrogens with one attached hydrogen (secondary N) is 1. The number of para-hydroxylation sites is 1. The number of aryl methyl sites for hydroxylation is 3. The van der Waals surface area contributed by atoms with E-state index in [1.165, 1.54) is 11.3 Å². The van der Waals surface area contributed by atoms with Crippen LogP contribution in [0.2, 0.25) is 0 Å². The van der Waals surface area contributed by atoms with Crippen LogP contribution >= 0.6 is 11.3 Å². The highest BCUT2D eigenvalue weighted by Gasteiger charge is 2.41. The number of anilines is 2. The summed E-state index contributed by atoms with van der Waals surface area (Å²) in [7, 11) is 0. The van der Waals surface area contributed by atoms with Gasteiger partial charge in [0.15, 0.2) is 0 Å². The van der Waals surface area contributed by atoms with Gasteiger partial charge in [0.1, 0.15) is 15.4 Å². The van der Waals surface area contributed by atoms with E-state index in [1.54, 1.807) is 0 Å². The van der Waals surface area contributed by atoms with Gasteiger partial charge in [0.05, 0.1) is 5.69 Å². The molecule has 1 amide bonds. The van der Waals surface area contributed by atoms with Crippen LogP contribution in [0.5, 0.6) is 0 Å². The second-order valence-corrected chi connectivity index (χ2v) is 8.18. The highest BCUT2D eigenvalue weighted by atomic mass is 32.1. The molecular formula is C20H21N3OS. The molecule has 0 fully saturated rings. The topological polar surface area (TPSA) is 45.2 Å². The van der Waals surface area contributed by atoms with Crippen molar-refractivity contribution >= 4 is 38.8 Å². The Hall–Kier alpha value is -2.40. The van der Waals surface area contributed by atoms with Crippen molar-refractivity contribution in [2.24, 2.45) is 0 Å². The Bertz CT molecular complexity index is 1020. The number of fused-ring (bicyclic) bond motifs is 3. The first kappa shape index (κ1) is 16.1. The maximum Gasteiger partial charge on any atom is 0.272 e. The van der Waals surface area contributed by atoms with E-state index < -0.39 is 5.66 Å². The number of thiophene rings is 1. The second kappa shape index (κ2) is 5.30. The molecule has 0 radical (unpaired) electrons. The molecule has 1 aliphatic heterocycles. The maximum absolute atomic E-state index is 13.4. The normalized spacial score (nSPS) is 16.0. The van der Waals surface area contributed by atoms with Crippen LogP contribution in [0.25, 0.3) is 10.2 Å². The van der Waals surface area contributed by atoms with Crippen molar-refractivity contribution in [3.63, 3.8) is 0 Å². The van der Waals surface area contributed by atoms with Crippen molar-refractivity contribution in [1.29, 1.82) is 0 Å². The maximum atomic E-state index is 13.4. The van der Waals surface area contributed by atoms with Crippen molar-refractivity contribution in [1.82, 2.24) is 4.98 Å². The smallest absolute Gasteiger partial charge is 0.272 e. The molecule has 3 aromatic rings. The molecule has 128 valence electrons. The molecule has 5 heteroatoms. The SMILES string of the molecule is Cc1cc(C)c2c3c(sc2n1)C(=O)N(c1ccccc1C)C(C)(C)N3. The zero-order chi connectivity index (χ0) is 17.9. The first-order valence-electron chi connectivity index (χ1n) is 8.39. The van der Waals surface area contributed by atoms with E-state index in [1.807, 2.05) is 56.9 Å². The number of hydrogen-bond donors (Lipinski definition) is 1. The van der Waals surface area contributed by atoms with Crippen molar-refractivity contribution in [3.8, 4) is 0 Å². The number of pyridine rings is 1. The molecule has 1 N–H and O–H groups in total.